The molecule has 2 aromatic carbocycles. The summed E-state index contributed by atoms with van der Waals surface area (Å²) in [5, 5.41) is 0. The third-order valence-corrected chi connectivity index (χ3v) is 2.71. The second kappa shape index (κ2) is 3.67. The van der Waals surface area contributed by atoms with E-state index in [1.807, 2.05) is 0 Å². The van der Waals surface area contributed by atoms with Crippen molar-refractivity contribution in [2.45, 2.75) is 6.42 Å². The topological polar surface area (TPSA) is 0 Å². The number of benzene rings is 2. The Kier molecular flexibility index (Phi) is 2.52. The Morgan fingerprint density at radius 3 is 1.57 bits per heavy atom. The van der Waals surface area contributed by atoms with E-state index in [0.717, 1.165) is 6.42 Å². The summed E-state index contributed by atoms with van der Waals surface area (Å²) in [7, 11) is 0. The monoisotopic (exact) mass is 269 g/mol. The number of rotatable bonds is 0. The molecule has 1 aliphatic carbocycles. The largest absolute Gasteiger partial charge is 0.0619 e. The average Bonchev–Trinajstić information content (AvgIpc) is 2.56. The molecule has 0 fully saturated rings. The van der Waals surface area contributed by atoms with Gasteiger partial charge in [-0.15, -0.1) is 0 Å². The SMILES string of the molecule is [Rh].c1ccc2c(c1)Cc1ccccc1-2. The average molecular weight is 269 g/mol. The molecule has 0 saturated carbocycles. The van der Waals surface area contributed by atoms with Crippen molar-refractivity contribution in [1.82, 2.24) is 0 Å². The molecule has 0 atom stereocenters. The Morgan fingerprint density at radius 2 is 1.07 bits per heavy atom. The van der Waals surface area contributed by atoms with Crippen LogP contribution in [0.3, 0.4) is 0 Å². The van der Waals surface area contributed by atoms with Crippen molar-refractivity contribution in [3.05, 3.63) is 59.7 Å². The zero-order valence-electron chi connectivity index (χ0n) is 7.66. The Morgan fingerprint density at radius 1 is 0.643 bits per heavy atom. The first-order chi connectivity index (χ1) is 6.45. The van der Waals surface area contributed by atoms with Crippen LogP contribution >= 0.6 is 0 Å². The molecule has 14 heavy (non-hydrogen) atoms. The van der Waals surface area contributed by atoms with Gasteiger partial charge < -0.3 is 0 Å². The fourth-order valence-corrected chi connectivity index (χ4v) is 2.08. The van der Waals surface area contributed by atoms with Gasteiger partial charge in [-0.2, -0.15) is 0 Å². The molecule has 1 heteroatoms. The van der Waals surface area contributed by atoms with Crippen molar-refractivity contribution in [3.8, 4) is 11.1 Å². The number of hydrogen-bond donors (Lipinski definition) is 0. The normalized spacial score (nSPS) is 11.4. The summed E-state index contributed by atoms with van der Waals surface area (Å²) in [6, 6.07) is 17.3. The predicted octanol–water partition coefficient (Wildman–Crippen LogP) is 3.26. The predicted molar refractivity (Wildman–Crippen MR) is 54.7 cm³/mol. The van der Waals surface area contributed by atoms with Crippen molar-refractivity contribution in [2.75, 3.05) is 0 Å². The van der Waals surface area contributed by atoms with Gasteiger partial charge in [0, 0.05) is 19.5 Å². The van der Waals surface area contributed by atoms with Crippen LogP contribution in [0.2, 0.25) is 0 Å². The van der Waals surface area contributed by atoms with Gasteiger partial charge in [0.25, 0.3) is 0 Å². The summed E-state index contributed by atoms with van der Waals surface area (Å²) in [4.78, 5) is 0. The van der Waals surface area contributed by atoms with Crippen LogP contribution in [0.1, 0.15) is 11.1 Å². The van der Waals surface area contributed by atoms with Gasteiger partial charge in [0.15, 0.2) is 0 Å². The van der Waals surface area contributed by atoms with E-state index in [1.165, 1.54) is 22.3 Å². The van der Waals surface area contributed by atoms with Crippen LogP contribution in [0.25, 0.3) is 11.1 Å². The first-order valence-electron chi connectivity index (χ1n) is 4.61. The molecule has 1 aliphatic rings. The molecular formula is C13H10Rh. The standard InChI is InChI=1S/C13H10.Rh/c1-3-7-12-10(5-1)9-11-6-2-4-8-13(11)12;/h1-8H,9H2;. The Balaban J connectivity index is 0.000000750. The van der Waals surface area contributed by atoms with Crippen molar-refractivity contribution >= 4 is 0 Å². The summed E-state index contributed by atoms with van der Waals surface area (Å²) < 4.78 is 0. The number of hydrogen-bond acceptors (Lipinski definition) is 0. The fraction of sp³-hybridized carbons (Fsp3) is 0.0769. The first kappa shape index (κ1) is 9.61. The maximum atomic E-state index is 2.22. The second-order valence-electron chi connectivity index (χ2n) is 3.49. The zero-order valence-corrected chi connectivity index (χ0v) is 9.30. The van der Waals surface area contributed by atoms with E-state index >= 15 is 0 Å². The van der Waals surface area contributed by atoms with E-state index in [0.29, 0.717) is 0 Å². The quantitative estimate of drug-likeness (QED) is 0.549. The molecule has 71 valence electrons. The van der Waals surface area contributed by atoms with Gasteiger partial charge in [-0.3, -0.25) is 0 Å². The van der Waals surface area contributed by atoms with Crippen molar-refractivity contribution in [1.29, 1.82) is 0 Å². The molecule has 3 rings (SSSR count). The number of fused-ring (bicyclic) bond motifs is 3. The Hall–Kier alpha value is -0.937. The summed E-state index contributed by atoms with van der Waals surface area (Å²) in [5.74, 6) is 0. The molecule has 0 heterocycles. The van der Waals surface area contributed by atoms with Crippen LogP contribution in [-0.4, -0.2) is 0 Å². The van der Waals surface area contributed by atoms with Crippen LogP contribution in [0.4, 0.5) is 0 Å². The molecule has 0 bridgehead atoms. The van der Waals surface area contributed by atoms with Crippen LogP contribution in [0.5, 0.6) is 0 Å². The molecule has 0 nitrogen and oxygen atoms in total. The second-order valence-corrected chi connectivity index (χ2v) is 3.49. The van der Waals surface area contributed by atoms with Crippen molar-refractivity contribution in [3.63, 3.8) is 0 Å². The Labute approximate surface area is 96.7 Å². The molecule has 1 radical (unpaired) electrons. The third kappa shape index (κ3) is 1.33. The molecule has 2 aromatic rings. The van der Waals surface area contributed by atoms with E-state index in [1.54, 1.807) is 0 Å². The summed E-state index contributed by atoms with van der Waals surface area (Å²) >= 11 is 0. The van der Waals surface area contributed by atoms with Crippen LogP contribution in [0, 0.1) is 0 Å². The van der Waals surface area contributed by atoms with E-state index in [-0.39, 0.29) is 19.5 Å². The summed E-state index contributed by atoms with van der Waals surface area (Å²) in [6.45, 7) is 0. The molecular weight excluding hydrogens is 259 g/mol. The van der Waals surface area contributed by atoms with E-state index in [2.05, 4.69) is 48.5 Å². The van der Waals surface area contributed by atoms with Gasteiger partial charge >= 0.3 is 0 Å². The van der Waals surface area contributed by atoms with Crippen LogP contribution < -0.4 is 0 Å². The van der Waals surface area contributed by atoms with Crippen LogP contribution in [-0.2, 0) is 25.9 Å². The summed E-state index contributed by atoms with van der Waals surface area (Å²) in [6.07, 6.45) is 1.10. The fourth-order valence-electron chi connectivity index (χ4n) is 2.08. The van der Waals surface area contributed by atoms with Gasteiger partial charge in [0.2, 0.25) is 0 Å². The minimum absolute atomic E-state index is 0. The minimum atomic E-state index is 0. The first-order valence-corrected chi connectivity index (χ1v) is 4.61. The molecule has 0 amide bonds. The smallest absolute Gasteiger partial charge is 0 e. The van der Waals surface area contributed by atoms with Gasteiger partial charge in [-0.05, 0) is 28.7 Å². The molecule has 0 aliphatic heterocycles. The zero-order chi connectivity index (χ0) is 8.67. The molecule has 0 unspecified atom stereocenters. The van der Waals surface area contributed by atoms with Gasteiger partial charge in [0.05, 0.1) is 0 Å². The Bertz CT molecular complexity index is 417. The van der Waals surface area contributed by atoms with Gasteiger partial charge in [0.1, 0.15) is 0 Å². The third-order valence-electron chi connectivity index (χ3n) is 2.71. The molecule has 0 spiro atoms. The van der Waals surface area contributed by atoms with E-state index in [9.17, 15) is 0 Å². The molecule has 0 N–H and O–H groups in total. The van der Waals surface area contributed by atoms with Crippen molar-refractivity contribution < 1.29 is 19.5 Å². The maximum absolute atomic E-state index is 2.22. The molecule has 0 saturated heterocycles. The van der Waals surface area contributed by atoms with Crippen LogP contribution in [0.15, 0.2) is 48.5 Å². The van der Waals surface area contributed by atoms with Gasteiger partial charge in [-0.25, -0.2) is 0 Å². The van der Waals surface area contributed by atoms with E-state index in [4.69, 9.17) is 0 Å². The molecule has 0 aromatic heterocycles. The van der Waals surface area contributed by atoms with Gasteiger partial charge in [-0.1, -0.05) is 48.5 Å². The minimum Gasteiger partial charge on any atom is -0.0619 e. The maximum Gasteiger partial charge on any atom is 0 e. The summed E-state index contributed by atoms with van der Waals surface area (Å²) in [5.41, 5.74) is 5.75. The van der Waals surface area contributed by atoms with E-state index < -0.39 is 0 Å². The van der Waals surface area contributed by atoms with Crippen molar-refractivity contribution in [2.24, 2.45) is 0 Å².